The number of ether oxygens (including phenoxy) is 2. The molecule has 0 heterocycles. The fraction of sp³-hybridized carbons (Fsp3) is 0.714. The van der Waals surface area contributed by atoms with Crippen LogP contribution in [-0.4, -0.2) is 40.0 Å². The molecule has 0 unspecified atom stereocenters. The first-order valence-electron chi connectivity index (χ1n) is 9.80. The number of unbranched alkanes of at least 4 members (excludes halogenated alkanes) is 5. The first kappa shape index (κ1) is 21.0. The van der Waals surface area contributed by atoms with Crippen LogP contribution in [-0.2, 0) is 4.74 Å². The fourth-order valence-corrected chi connectivity index (χ4v) is 3.23. The number of benzene rings is 1. The highest BCUT2D eigenvalue weighted by molar-refractivity contribution is 5.46. The molecule has 0 amide bonds. The Kier molecular flexibility index (Phi) is 10.8. The summed E-state index contributed by atoms with van der Waals surface area (Å²) in [4.78, 5) is 0. The highest BCUT2D eigenvalue weighted by Crippen LogP contribution is 2.25. The van der Waals surface area contributed by atoms with Crippen LogP contribution in [0.15, 0.2) is 24.3 Å². The summed E-state index contributed by atoms with van der Waals surface area (Å²) < 4.78 is 12.2. The molecule has 3 heteroatoms. The summed E-state index contributed by atoms with van der Waals surface area (Å²) in [5.74, 6) is 0.990. The SMILES string of the molecule is CCCCCCCCOc1ccc([N+](CC)(CC)CCOC)cc1. The van der Waals surface area contributed by atoms with Crippen LogP contribution in [0.4, 0.5) is 5.69 Å². The summed E-state index contributed by atoms with van der Waals surface area (Å²) in [6.07, 6.45) is 7.80. The molecule has 0 fully saturated rings. The first-order chi connectivity index (χ1) is 11.7. The molecule has 0 N–H and O–H groups in total. The molecule has 0 aliphatic heterocycles. The summed E-state index contributed by atoms with van der Waals surface area (Å²) in [5.41, 5.74) is 1.35. The first-order valence-corrected chi connectivity index (χ1v) is 9.80. The predicted molar refractivity (Wildman–Crippen MR) is 105 cm³/mol. The zero-order chi connectivity index (χ0) is 17.7. The fourth-order valence-electron chi connectivity index (χ4n) is 3.23. The second-order valence-corrected chi connectivity index (χ2v) is 6.60. The van der Waals surface area contributed by atoms with Crippen LogP contribution in [0.2, 0.25) is 0 Å². The third kappa shape index (κ3) is 6.82. The molecule has 1 rings (SSSR count). The van der Waals surface area contributed by atoms with E-state index in [1.54, 1.807) is 7.11 Å². The molecule has 0 radical (unpaired) electrons. The lowest BCUT2D eigenvalue weighted by molar-refractivity contribution is 0.155. The second kappa shape index (κ2) is 12.3. The average Bonchev–Trinajstić information content (AvgIpc) is 2.63. The number of quaternary nitrogens is 1. The van der Waals surface area contributed by atoms with Gasteiger partial charge in [-0.1, -0.05) is 39.0 Å². The zero-order valence-corrected chi connectivity index (χ0v) is 16.4. The van der Waals surface area contributed by atoms with Crippen LogP contribution in [0.1, 0.15) is 59.3 Å². The van der Waals surface area contributed by atoms with E-state index >= 15 is 0 Å². The Balaban J connectivity index is 2.46. The van der Waals surface area contributed by atoms with E-state index in [4.69, 9.17) is 9.47 Å². The van der Waals surface area contributed by atoms with Gasteiger partial charge < -0.3 is 9.47 Å². The molecule has 138 valence electrons. The molecule has 0 aliphatic carbocycles. The van der Waals surface area contributed by atoms with Gasteiger partial charge in [-0.2, -0.15) is 0 Å². The summed E-state index contributed by atoms with van der Waals surface area (Å²) in [7, 11) is 1.78. The van der Waals surface area contributed by atoms with Gasteiger partial charge >= 0.3 is 0 Å². The van der Waals surface area contributed by atoms with Gasteiger partial charge in [0.15, 0.2) is 0 Å². The van der Waals surface area contributed by atoms with E-state index in [0.717, 1.165) is 49.5 Å². The van der Waals surface area contributed by atoms with E-state index < -0.39 is 0 Å². The van der Waals surface area contributed by atoms with Crippen molar-refractivity contribution in [2.75, 3.05) is 40.0 Å². The van der Waals surface area contributed by atoms with Crippen LogP contribution in [0, 0.1) is 0 Å². The standard InChI is InChI=1S/C21H38NO2/c1-5-8-9-10-11-12-18-24-21-15-13-20(14-16-21)22(6-2,7-3)17-19-23-4/h13-16H,5-12,17-19H2,1-4H3/q+1. The van der Waals surface area contributed by atoms with Crippen molar-refractivity contribution in [3.05, 3.63) is 24.3 Å². The maximum Gasteiger partial charge on any atom is 0.133 e. The third-order valence-corrected chi connectivity index (χ3v) is 5.09. The number of hydrogen-bond acceptors (Lipinski definition) is 2. The van der Waals surface area contributed by atoms with Gasteiger partial charge in [-0.25, -0.2) is 0 Å². The Morgan fingerprint density at radius 1 is 0.792 bits per heavy atom. The number of nitrogens with zero attached hydrogens (tertiary/aromatic N) is 1. The Bertz CT molecular complexity index is 412. The largest absolute Gasteiger partial charge is 0.494 e. The summed E-state index contributed by atoms with van der Waals surface area (Å²) in [6, 6.07) is 8.69. The van der Waals surface area contributed by atoms with Crippen molar-refractivity contribution >= 4 is 5.69 Å². The molecule has 1 aromatic carbocycles. The smallest absolute Gasteiger partial charge is 0.133 e. The van der Waals surface area contributed by atoms with Crippen LogP contribution in [0.25, 0.3) is 0 Å². The van der Waals surface area contributed by atoms with Gasteiger partial charge in [-0.3, -0.25) is 4.48 Å². The number of hydrogen-bond donors (Lipinski definition) is 0. The van der Waals surface area contributed by atoms with Crippen molar-refractivity contribution in [3.63, 3.8) is 0 Å². The number of methoxy groups -OCH3 is 1. The van der Waals surface area contributed by atoms with E-state index in [1.807, 2.05) is 0 Å². The van der Waals surface area contributed by atoms with Gasteiger partial charge in [0, 0.05) is 19.2 Å². The maximum absolute atomic E-state index is 5.90. The van der Waals surface area contributed by atoms with Gasteiger partial charge in [-0.05, 0) is 32.4 Å². The van der Waals surface area contributed by atoms with Gasteiger partial charge in [0.05, 0.1) is 26.3 Å². The third-order valence-electron chi connectivity index (χ3n) is 5.09. The molecule has 0 atom stereocenters. The minimum absolute atomic E-state index is 0.790. The van der Waals surface area contributed by atoms with Crippen LogP contribution in [0.3, 0.4) is 0 Å². The van der Waals surface area contributed by atoms with Crippen LogP contribution in [0.5, 0.6) is 5.75 Å². The van der Waals surface area contributed by atoms with E-state index in [2.05, 4.69) is 45.0 Å². The Morgan fingerprint density at radius 2 is 1.42 bits per heavy atom. The number of rotatable bonds is 14. The minimum atomic E-state index is 0.790. The molecular formula is C21H38NO2+. The molecule has 0 bridgehead atoms. The van der Waals surface area contributed by atoms with Crippen molar-refractivity contribution in [2.24, 2.45) is 0 Å². The molecular weight excluding hydrogens is 298 g/mol. The topological polar surface area (TPSA) is 18.5 Å². The van der Waals surface area contributed by atoms with Crippen molar-refractivity contribution in [1.29, 1.82) is 0 Å². The van der Waals surface area contributed by atoms with Crippen molar-refractivity contribution in [3.8, 4) is 5.75 Å². The summed E-state index contributed by atoms with van der Waals surface area (Å²) in [5, 5.41) is 0. The highest BCUT2D eigenvalue weighted by Gasteiger charge is 2.26. The summed E-state index contributed by atoms with van der Waals surface area (Å²) >= 11 is 0. The van der Waals surface area contributed by atoms with E-state index in [0.29, 0.717) is 0 Å². The van der Waals surface area contributed by atoms with E-state index in [9.17, 15) is 0 Å². The Labute approximate surface area is 149 Å². The minimum Gasteiger partial charge on any atom is -0.494 e. The molecule has 0 saturated heterocycles. The molecule has 0 spiro atoms. The molecule has 0 aromatic heterocycles. The Hall–Kier alpha value is -1.06. The van der Waals surface area contributed by atoms with Crippen LogP contribution < -0.4 is 9.22 Å². The highest BCUT2D eigenvalue weighted by atomic mass is 16.5. The van der Waals surface area contributed by atoms with E-state index in [-0.39, 0.29) is 0 Å². The van der Waals surface area contributed by atoms with Crippen molar-refractivity contribution < 1.29 is 9.47 Å². The van der Waals surface area contributed by atoms with Crippen LogP contribution >= 0.6 is 0 Å². The monoisotopic (exact) mass is 336 g/mol. The quantitative estimate of drug-likeness (QED) is 0.334. The molecule has 3 nitrogen and oxygen atoms in total. The van der Waals surface area contributed by atoms with Gasteiger partial charge in [0.25, 0.3) is 0 Å². The van der Waals surface area contributed by atoms with Gasteiger partial charge in [0.1, 0.15) is 18.0 Å². The summed E-state index contributed by atoms with van der Waals surface area (Å²) in [6.45, 7) is 11.6. The molecule has 24 heavy (non-hydrogen) atoms. The lowest BCUT2D eigenvalue weighted by atomic mass is 10.1. The molecule has 1 aromatic rings. The van der Waals surface area contributed by atoms with Crippen molar-refractivity contribution in [2.45, 2.75) is 59.3 Å². The van der Waals surface area contributed by atoms with Crippen molar-refractivity contribution in [1.82, 2.24) is 4.48 Å². The average molecular weight is 337 g/mol. The molecule has 0 aliphatic rings. The lowest BCUT2D eigenvalue weighted by Gasteiger charge is -2.36. The molecule has 0 saturated carbocycles. The van der Waals surface area contributed by atoms with Gasteiger partial charge in [-0.15, -0.1) is 0 Å². The Morgan fingerprint density at radius 3 is 2.00 bits per heavy atom. The van der Waals surface area contributed by atoms with Gasteiger partial charge in [0.2, 0.25) is 0 Å². The normalized spacial score (nSPS) is 11.7. The maximum atomic E-state index is 5.90. The number of likely N-dealkylation sites (N-methyl/N-ethyl adjacent to an activating group) is 1. The van der Waals surface area contributed by atoms with E-state index in [1.165, 1.54) is 37.8 Å². The zero-order valence-electron chi connectivity index (χ0n) is 16.4. The predicted octanol–water partition coefficient (Wildman–Crippen LogP) is 5.42. The second-order valence-electron chi connectivity index (χ2n) is 6.60. The lowest BCUT2D eigenvalue weighted by Crippen LogP contribution is -2.51.